The number of aryl methyl sites for hydroxylation is 1. The predicted octanol–water partition coefficient (Wildman–Crippen LogP) is 3.77. The number of carbonyl (C=O) groups excluding carboxylic acids is 2. The Labute approximate surface area is 215 Å². The van der Waals surface area contributed by atoms with Crippen molar-refractivity contribution in [3.63, 3.8) is 0 Å². The highest BCUT2D eigenvalue weighted by molar-refractivity contribution is 5.98. The van der Waals surface area contributed by atoms with Crippen LogP contribution in [-0.2, 0) is 12.5 Å². The Morgan fingerprint density at radius 2 is 1.54 bits per heavy atom. The van der Waals surface area contributed by atoms with Gasteiger partial charge in [-0.1, -0.05) is 36.4 Å². The molecule has 0 saturated carbocycles. The number of aromatic nitrogens is 1. The van der Waals surface area contributed by atoms with Gasteiger partial charge < -0.3 is 24.2 Å². The molecule has 4 aromatic rings. The molecule has 7 nitrogen and oxygen atoms in total. The highest BCUT2D eigenvalue weighted by Gasteiger charge is 2.55. The Morgan fingerprint density at radius 1 is 0.919 bits per heavy atom. The summed E-state index contributed by atoms with van der Waals surface area (Å²) in [4.78, 5) is 30.7. The van der Waals surface area contributed by atoms with Crippen molar-refractivity contribution < 1.29 is 19.4 Å². The number of likely N-dealkylation sites (tertiary alicyclic amines) is 1. The number of hydrogen-bond donors (Lipinski definition) is 1. The van der Waals surface area contributed by atoms with E-state index in [4.69, 9.17) is 4.74 Å². The summed E-state index contributed by atoms with van der Waals surface area (Å²) in [7, 11) is 3.61. The number of amides is 2. The highest BCUT2D eigenvalue weighted by atomic mass is 16.5. The van der Waals surface area contributed by atoms with Gasteiger partial charge in [-0.2, -0.15) is 0 Å². The minimum atomic E-state index is -0.504. The first-order valence-corrected chi connectivity index (χ1v) is 12.5. The fourth-order valence-corrected chi connectivity index (χ4v) is 6.17. The van der Waals surface area contributed by atoms with E-state index in [1.807, 2.05) is 72.6 Å². The first kappa shape index (κ1) is 23.3. The molecular weight excluding hydrogens is 466 g/mol. The fraction of sp³-hybridized carbons (Fsp3) is 0.267. The van der Waals surface area contributed by atoms with E-state index in [0.717, 1.165) is 27.9 Å². The normalized spacial score (nSPS) is 18.0. The zero-order chi connectivity index (χ0) is 25.7. The summed E-state index contributed by atoms with van der Waals surface area (Å²) in [5, 5.41) is 11.7. The molecule has 1 atom stereocenters. The molecule has 0 radical (unpaired) electrons. The number of ether oxygens (including phenoxy) is 1. The van der Waals surface area contributed by atoms with Crippen molar-refractivity contribution in [1.82, 2.24) is 14.4 Å². The second kappa shape index (κ2) is 8.78. The molecule has 2 aliphatic heterocycles. The quantitative estimate of drug-likeness (QED) is 0.468. The van der Waals surface area contributed by atoms with Gasteiger partial charge in [0.15, 0.2) is 0 Å². The van der Waals surface area contributed by atoms with E-state index in [9.17, 15) is 14.7 Å². The maximum absolute atomic E-state index is 13.8. The van der Waals surface area contributed by atoms with Gasteiger partial charge in [0.2, 0.25) is 0 Å². The summed E-state index contributed by atoms with van der Waals surface area (Å²) in [6.45, 7) is 1.21. The monoisotopic (exact) mass is 495 g/mol. The molecule has 6 rings (SSSR count). The summed E-state index contributed by atoms with van der Waals surface area (Å²) in [5.41, 5.74) is 3.79. The van der Waals surface area contributed by atoms with Crippen LogP contribution in [0.3, 0.4) is 0 Å². The van der Waals surface area contributed by atoms with E-state index in [0.29, 0.717) is 30.8 Å². The van der Waals surface area contributed by atoms with Gasteiger partial charge >= 0.3 is 0 Å². The lowest BCUT2D eigenvalue weighted by atomic mass is 9.68. The van der Waals surface area contributed by atoms with Crippen LogP contribution in [0.4, 0.5) is 0 Å². The molecular formula is C30H29N3O4. The molecule has 0 aliphatic carbocycles. The number of methoxy groups -OCH3 is 1. The van der Waals surface area contributed by atoms with Crippen LogP contribution in [0.5, 0.6) is 5.75 Å². The van der Waals surface area contributed by atoms with Crippen molar-refractivity contribution in [2.75, 3.05) is 33.4 Å². The SMILES string of the molecule is COc1ccc2c3c(n(C)c2c1)[C@H](CO)N(C(=O)c1ccccc1)CC31CN(C(=O)c2ccccc2)C1. The maximum Gasteiger partial charge on any atom is 0.254 e. The van der Waals surface area contributed by atoms with E-state index >= 15 is 0 Å². The number of benzene rings is 3. The largest absolute Gasteiger partial charge is 0.497 e. The number of nitrogens with zero attached hydrogens (tertiary/aromatic N) is 3. The topological polar surface area (TPSA) is 75.0 Å². The molecule has 1 aromatic heterocycles. The van der Waals surface area contributed by atoms with E-state index in [-0.39, 0.29) is 18.4 Å². The molecule has 3 heterocycles. The van der Waals surface area contributed by atoms with Gasteiger partial charge in [0, 0.05) is 55.0 Å². The lowest BCUT2D eigenvalue weighted by Crippen LogP contribution is -2.68. The molecule has 7 heteroatoms. The van der Waals surface area contributed by atoms with Gasteiger partial charge in [0.1, 0.15) is 5.75 Å². The van der Waals surface area contributed by atoms with Crippen molar-refractivity contribution in [3.05, 3.63) is 101 Å². The van der Waals surface area contributed by atoms with Crippen molar-refractivity contribution in [2.45, 2.75) is 11.5 Å². The van der Waals surface area contributed by atoms with Gasteiger partial charge in [0.05, 0.1) is 30.7 Å². The maximum atomic E-state index is 13.8. The minimum absolute atomic E-state index is 0.0140. The number of hydrogen-bond acceptors (Lipinski definition) is 4. The summed E-state index contributed by atoms with van der Waals surface area (Å²) in [6, 6.07) is 24.0. The van der Waals surface area contributed by atoms with Crippen molar-refractivity contribution in [3.8, 4) is 5.75 Å². The molecule has 0 bridgehead atoms. The first-order valence-electron chi connectivity index (χ1n) is 12.5. The Kier molecular flexibility index (Phi) is 5.53. The molecule has 1 saturated heterocycles. The van der Waals surface area contributed by atoms with Crippen molar-refractivity contribution >= 4 is 22.7 Å². The van der Waals surface area contributed by atoms with Crippen LogP contribution in [-0.4, -0.2) is 64.6 Å². The number of carbonyl (C=O) groups is 2. The third-order valence-corrected chi connectivity index (χ3v) is 7.90. The van der Waals surface area contributed by atoms with E-state index in [1.165, 1.54) is 0 Å². The number of rotatable bonds is 4. The molecule has 0 unspecified atom stereocenters. The summed E-state index contributed by atoms with van der Waals surface area (Å²) in [5.74, 6) is 0.604. The zero-order valence-electron chi connectivity index (χ0n) is 20.9. The van der Waals surface area contributed by atoms with Gasteiger partial charge in [0.25, 0.3) is 11.8 Å². The smallest absolute Gasteiger partial charge is 0.254 e. The highest BCUT2D eigenvalue weighted by Crippen LogP contribution is 2.50. The number of fused-ring (bicyclic) bond motifs is 4. The van der Waals surface area contributed by atoms with Crippen molar-refractivity contribution in [2.24, 2.45) is 7.05 Å². The summed E-state index contributed by atoms with van der Waals surface area (Å²) >= 11 is 0. The predicted molar refractivity (Wildman–Crippen MR) is 141 cm³/mol. The van der Waals surface area contributed by atoms with E-state index in [1.54, 1.807) is 24.1 Å². The standard InChI is InChI=1S/C30H29N3O4/c1-31-24-15-22(37-2)13-14-23(24)26-27(31)25(16-34)33(29(36)21-11-7-4-8-12-21)19-30(26)17-32(18-30)28(35)20-9-5-3-6-10-20/h3-15,25,34H,16-19H2,1-2H3/t25-/m0/s1. The second-order valence-corrected chi connectivity index (χ2v) is 10.0. The van der Waals surface area contributed by atoms with Crippen LogP contribution in [0.15, 0.2) is 78.9 Å². The van der Waals surface area contributed by atoms with Gasteiger partial charge in [-0.15, -0.1) is 0 Å². The van der Waals surface area contributed by atoms with E-state index < -0.39 is 11.5 Å². The summed E-state index contributed by atoms with van der Waals surface area (Å²) in [6.07, 6.45) is 0. The molecule has 1 N–H and O–H groups in total. The van der Waals surface area contributed by atoms with E-state index in [2.05, 4.69) is 10.6 Å². The zero-order valence-corrected chi connectivity index (χ0v) is 20.9. The number of aliphatic hydroxyl groups is 1. The number of aliphatic hydroxyl groups excluding tert-OH is 1. The third-order valence-electron chi connectivity index (χ3n) is 7.90. The lowest BCUT2D eigenvalue weighted by Gasteiger charge is -2.56. The van der Waals surface area contributed by atoms with Crippen LogP contribution in [0.25, 0.3) is 10.9 Å². The molecule has 3 aromatic carbocycles. The van der Waals surface area contributed by atoms with Crippen molar-refractivity contribution in [1.29, 1.82) is 0 Å². The van der Waals surface area contributed by atoms with Crippen LogP contribution < -0.4 is 4.74 Å². The average molecular weight is 496 g/mol. The molecule has 1 fully saturated rings. The molecule has 37 heavy (non-hydrogen) atoms. The van der Waals surface area contributed by atoms with Crippen LogP contribution in [0.2, 0.25) is 0 Å². The van der Waals surface area contributed by atoms with Gasteiger partial charge in [-0.25, -0.2) is 0 Å². The van der Waals surface area contributed by atoms with Crippen LogP contribution in [0, 0.1) is 0 Å². The second-order valence-electron chi connectivity index (χ2n) is 10.0. The summed E-state index contributed by atoms with van der Waals surface area (Å²) < 4.78 is 7.56. The molecule has 2 amide bonds. The lowest BCUT2D eigenvalue weighted by molar-refractivity contribution is 0.00235. The molecule has 2 aliphatic rings. The molecule has 188 valence electrons. The van der Waals surface area contributed by atoms with Gasteiger partial charge in [-0.05, 0) is 42.0 Å². The third kappa shape index (κ3) is 3.53. The van der Waals surface area contributed by atoms with Crippen LogP contribution in [0.1, 0.15) is 38.0 Å². The van der Waals surface area contributed by atoms with Gasteiger partial charge in [-0.3, -0.25) is 9.59 Å². The Morgan fingerprint density at radius 3 is 2.14 bits per heavy atom. The Balaban J connectivity index is 1.48. The average Bonchev–Trinajstić information content (AvgIpc) is 3.23. The fourth-order valence-electron chi connectivity index (χ4n) is 6.17. The van der Waals surface area contributed by atoms with Crippen LogP contribution >= 0.6 is 0 Å². The Bertz CT molecular complexity index is 1490. The molecule has 1 spiro atoms. The Hall–Kier alpha value is -4.10. The minimum Gasteiger partial charge on any atom is -0.497 e. The first-order chi connectivity index (χ1) is 18.0.